The van der Waals surface area contributed by atoms with Crippen LogP contribution in [0.25, 0.3) is 32.8 Å². The van der Waals surface area contributed by atoms with Gasteiger partial charge in [0, 0.05) is 114 Å². The Balaban J connectivity index is 0.852. The van der Waals surface area contributed by atoms with E-state index in [9.17, 15) is 19.2 Å². The first-order valence-corrected chi connectivity index (χ1v) is 22.9. The Morgan fingerprint density at radius 1 is 0.769 bits per heavy atom. The number of alkyl halides is 2. The number of aryl methyl sites for hydroxylation is 3. The standard InChI is InChI=1S/C52H50F2N6O5/c1-29-23-39-45(57(2)51(29)63)25-34(30-16-21-65-22-17-30)26-46(39)59-18-4-5-32-24-37(38(49(53)54)27-44(32)59)33-8-9-40(55-28-33)31-14-19-58(20-15-31)41-10-11-42-48-35(41)6-3-7-36(48)52(64)60(42)43-12-13-47(61)56-50(43)62/h3,6-11,23-28,30-31,43,49H,4-5,12-22H2,1-2H3,(H,56,61,62). The number of hydrogen-bond donors (Lipinski definition) is 1. The lowest BCUT2D eigenvalue weighted by Crippen LogP contribution is -2.53. The van der Waals surface area contributed by atoms with Crippen LogP contribution in [0.2, 0.25) is 0 Å². The number of piperidine rings is 2. The largest absolute Gasteiger partial charge is 0.381 e. The molecule has 1 unspecified atom stereocenters. The van der Waals surface area contributed by atoms with Gasteiger partial charge in [-0.15, -0.1) is 0 Å². The van der Waals surface area contributed by atoms with Gasteiger partial charge in [0.05, 0.1) is 16.9 Å². The molecule has 65 heavy (non-hydrogen) atoms. The number of anilines is 4. The topological polar surface area (TPSA) is 117 Å². The van der Waals surface area contributed by atoms with Crippen molar-refractivity contribution >= 4 is 62.1 Å². The van der Waals surface area contributed by atoms with Crippen LogP contribution in [0.1, 0.15) is 102 Å². The Hall–Kier alpha value is -6.47. The van der Waals surface area contributed by atoms with E-state index >= 15 is 8.78 Å². The molecule has 2 aromatic heterocycles. The summed E-state index contributed by atoms with van der Waals surface area (Å²) in [4.78, 5) is 62.6. The minimum absolute atomic E-state index is 0.0285. The van der Waals surface area contributed by atoms with Crippen LogP contribution < -0.4 is 25.6 Å². The molecule has 332 valence electrons. The van der Waals surface area contributed by atoms with Gasteiger partial charge in [0.1, 0.15) is 6.04 Å². The van der Waals surface area contributed by atoms with Gasteiger partial charge in [0.15, 0.2) is 0 Å². The molecule has 7 heterocycles. The highest BCUT2D eigenvalue weighted by Crippen LogP contribution is 2.47. The number of rotatable bonds is 7. The first kappa shape index (κ1) is 41.2. The summed E-state index contributed by atoms with van der Waals surface area (Å²) in [6, 6.07) is 22.8. The Labute approximate surface area is 375 Å². The van der Waals surface area contributed by atoms with Crippen LogP contribution in [-0.4, -0.2) is 66.2 Å². The van der Waals surface area contributed by atoms with Gasteiger partial charge in [-0.05, 0) is 129 Å². The second kappa shape index (κ2) is 16.2. The quantitative estimate of drug-likeness (QED) is 0.158. The summed E-state index contributed by atoms with van der Waals surface area (Å²) in [7, 11) is 1.81. The van der Waals surface area contributed by atoms with E-state index in [-0.39, 0.29) is 47.6 Å². The number of benzene rings is 4. The van der Waals surface area contributed by atoms with Gasteiger partial charge in [-0.3, -0.25) is 34.4 Å². The van der Waals surface area contributed by atoms with Crippen molar-refractivity contribution in [3.05, 3.63) is 123 Å². The number of nitrogens with one attached hydrogen (secondary N) is 1. The second-order valence-electron chi connectivity index (χ2n) is 18.4. The lowest BCUT2D eigenvalue weighted by Gasteiger charge is -2.35. The van der Waals surface area contributed by atoms with E-state index in [1.807, 2.05) is 62.5 Å². The zero-order chi connectivity index (χ0) is 44.7. The Morgan fingerprint density at radius 3 is 2.32 bits per heavy atom. The van der Waals surface area contributed by atoms with Crippen LogP contribution in [0, 0.1) is 6.92 Å². The van der Waals surface area contributed by atoms with E-state index in [1.165, 1.54) is 0 Å². The highest BCUT2D eigenvalue weighted by atomic mass is 19.3. The smallest absolute Gasteiger partial charge is 0.264 e. The van der Waals surface area contributed by atoms with Gasteiger partial charge in [-0.25, -0.2) is 8.78 Å². The van der Waals surface area contributed by atoms with Gasteiger partial charge < -0.3 is 19.1 Å². The van der Waals surface area contributed by atoms with Crippen molar-refractivity contribution in [3.8, 4) is 11.1 Å². The number of carbonyl (C=O) groups is 3. The maximum atomic E-state index is 15.2. The monoisotopic (exact) mass is 876 g/mol. The molecule has 5 aliphatic rings. The Morgan fingerprint density at radius 2 is 1.57 bits per heavy atom. The molecule has 3 saturated heterocycles. The van der Waals surface area contributed by atoms with Crippen molar-refractivity contribution in [2.75, 3.05) is 47.5 Å². The van der Waals surface area contributed by atoms with Crippen LogP contribution >= 0.6 is 0 Å². The summed E-state index contributed by atoms with van der Waals surface area (Å²) in [6.45, 7) is 5.39. The molecule has 0 bridgehead atoms. The van der Waals surface area contributed by atoms with Crippen molar-refractivity contribution in [1.29, 1.82) is 0 Å². The number of fused-ring (bicyclic) bond motifs is 2. The molecule has 1 atom stereocenters. The number of ether oxygens (including phenoxy) is 1. The third kappa shape index (κ3) is 6.97. The van der Waals surface area contributed by atoms with Crippen molar-refractivity contribution in [2.45, 2.75) is 82.6 Å². The highest BCUT2D eigenvalue weighted by molar-refractivity contribution is 6.28. The van der Waals surface area contributed by atoms with Crippen LogP contribution in [0.5, 0.6) is 0 Å². The van der Waals surface area contributed by atoms with E-state index in [0.717, 1.165) is 107 Å². The molecule has 11 rings (SSSR count). The van der Waals surface area contributed by atoms with Crippen molar-refractivity contribution in [2.24, 2.45) is 7.05 Å². The van der Waals surface area contributed by atoms with Gasteiger partial charge in [0.2, 0.25) is 11.8 Å². The molecule has 3 amide bonds. The molecule has 6 aromatic rings. The fraction of sp³-hybridized carbons (Fsp3) is 0.365. The Kier molecular flexibility index (Phi) is 10.3. The summed E-state index contributed by atoms with van der Waals surface area (Å²) in [6.07, 6.45) is 4.57. The number of pyridine rings is 2. The summed E-state index contributed by atoms with van der Waals surface area (Å²) in [5.41, 5.74) is 9.64. The molecule has 1 N–H and O–H groups in total. The molecule has 3 fully saturated rings. The summed E-state index contributed by atoms with van der Waals surface area (Å²) in [5, 5.41) is 5.10. The average Bonchev–Trinajstić information content (AvgIpc) is 3.61. The molecular weight excluding hydrogens is 827 g/mol. The SMILES string of the molecule is Cc1cc2c(N3CCCc4cc(-c5ccc(C6CCN(c7ccc8c9c(cccc79)C(=O)N8C7CCC(=O)NC7=O)CC6)nc5)c(C(F)F)cc43)cc(C3CCOCC3)cc2n(C)c1=O. The zero-order valence-electron chi connectivity index (χ0n) is 36.5. The number of aromatic nitrogens is 2. The van der Waals surface area contributed by atoms with Crippen LogP contribution in [-0.2, 0) is 27.8 Å². The molecule has 11 nitrogen and oxygen atoms in total. The predicted octanol–water partition coefficient (Wildman–Crippen LogP) is 9.13. The van der Waals surface area contributed by atoms with Gasteiger partial charge in [-0.1, -0.05) is 18.2 Å². The Bertz CT molecular complexity index is 3010. The van der Waals surface area contributed by atoms with E-state index in [2.05, 4.69) is 27.2 Å². The second-order valence-corrected chi connectivity index (χ2v) is 18.4. The van der Waals surface area contributed by atoms with Gasteiger partial charge in [0.25, 0.3) is 17.9 Å². The number of carbonyl (C=O) groups excluding carboxylic acids is 3. The number of imide groups is 1. The summed E-state index contributed by atoms with van der Waals surface area (Å²) < 4.78 is 37.8. The highest BCUT2D eigenvalue weighted by Gasteiger charge is 2.41. The van der Waals surface area contributed by atoms with E-state index in [1.54, 1.807) is 27.8 Å². The van der Waals surface area contributed by atoms with E-state index in [0.29, 0.717) is 47.7 Å². The molecule has 0 aliphatic carbocycles. The molecule has 0 saturated carbocycles. The maximum absolute atomic E-state index is 15.2. The molecule has 5 aliphatic heterocycles. The molecular formula is C52H50F2N6O5. The van der Waals surface area contributed by atoms with Gasteiger partial charge >= 0.3 is 0 Å². The number of amides is 3. The molecule has 13 heteroatoms. The first-order valence-electron chi connectivity index (χ1n) is 22.9. The number of hydrogen-bond acceptors (Lipinski definition) is 8. The van der Waals surface area contributed by atoms with E-state index < -0.39 is 18.4 Å². The predicted molar refractivity (Wildman–Crippen MR) is 248 cm³/mol. The molecule has 0 spiro atoms. The summed E-state index contributed by atoms with van der Waals surface area (Å²) in [5.74, 6) is -0.531. The van der Waals surface area contributed by atoms with Crippen molar-refractivity contribution in [3.63, 3.8) is 0 Å². The molecule has 0 radical (unpaired) electrons. The van der Waals surface area contributed by atoms with Crippen LogP contribution in [0.15, 0.2) is 83.8 Å². The average molecular weight is 877 g/mol. The zero-order valence-corrected chi connectivity index (χ0v) is 36.5. The first-order chi connectivity index (χ1) is 31.5. The van der Waals surface area contributed by atoms with Crippen molar-refractivity contribution in [1.82, 2.24) is 14.9 Å². The summed E-state index contributed by atoms with van der Waals surface area (Å²) >= 11 is 0. The fourth-order valence-corrected chi connectivity index (χ4v) is 11.3. The van der Waals surface area contributed by atoms with Crippen molar-refractivity contribution < 1.29 is 27.9 Å². The maximum Gasteiger partial charge on any atom is 0.264 e. The third-order valence-electron chi connectivity index (χ3n) is 14.7. The van der Waals surface area contributed by atoms with E-state index in [4.69, 9.17) is 9.72 Å². The third-order valence-corrected chi connectivity index (χ3v) is 14.7. The fourth-order valence-electron chi connectivity index (χ4n) is 11.3. The normalized spacial score (nSPS) is 19.5. The lowest BCUT2D eigenvalue weighted by molar-refractivity contribution is -0.134. The number of halogens is 2. The lowest BCUT2D eigenvalue weighted by atomic mass is 9.88. The van der Waals surface area contributed by atoms with Crippen LogP contribution in [0.4, 0.5) is 31.5 Å². The minimum atomic E-state index is -2.71. The number of nitrogens with zero attached hydrogens (tertiary/aromatic N) is 5. The van der Waals surface area contributed by atoms with Crippen LogP contribution in [0.3, 0.4) is 0 Å². The van der Waals surface area contributed by atoms with Gasteiger partial charge in [-0.2, -0.15) is 0 Å². The minimum Gasteiger partial charge on any atom is -0.381 e. The molecule has 4 aromatic carbocycles.